The van der Waals surface area contributed by atoms with Gasteiger partial charge in [-0.2, -0.15) is 0 Å². The highest BCUT2D eigenvalue weighted by Gasteiger charge is 2.54. The van der Waals surface area contributed by atoms with Gasteiger partial charge in [0.25, 0.3) is 17.7 Å². The zero-order valence-corrected chi connectivity index (χ0v) is 23.1. The molecule has 0 aliphatic carbocycles. The number of aliphatic carboxylic acids is 2. The van der Waals surface area contributed by atoms with Gasteiger partial charge < -0.3 is 15.5 Å². The van der Waals surface area contributed by atoms with Crippen LogP contribution in [0, 0.1) is 0 Å². The molecular formula is C24H23N7O8S2. The average Bonchev–Trinajstić information content (AvgIpc) is 3.47. The number of thioether (sulfide) groups is 2. The first-order valence-corrected chi connectivity index (χ1v) is 14.4. The molecule has 4 amide bonds. The maximum absolute atomic E-state index is 12.9. The number of β-lactam (4-membered cyclic amide) rings is 1. The predicted octanol–water partition coefficient (Wildman–Crippen LogP) is -0.0395. The van der Waals surface area contributed by atoms with E-state index in [1.807, 2.05) is 0 Å². The number of hydrogen-bond acceptors (Lipinski definition) is 11. The summed E-state index contributed by atoms with van der Waals surface area (Å²) in [7, 11) is 1.65. The number of imide groups is 1. The molecule has 1 aromatic carbocycles. The van der Waals surface area contributed by atoms with Crippen molar-refractivity contribution in [1.29, 1.82) is 0 Å². The molecule has 15 nitrogen and oxygen atoms in total. The highest BCUT2D eigenvalue weighted by Crippen LogP contribution is 2.41. The quantitative estimate of drug-likeness (QED) is 0.176. The zero-order valence-electron chi connectivity index (χ0n) is 21.4. The summed E-state index contributed by atoms with van der Waals surface area (Å²) in [4.78, 5) is 76.7. The van der Waals surface area contributed by atoms with E-state index in [-0.39, 0.29) is 41.8 Å². The van der Waals surface area contributed by atoms with E-state index in [1.165, 1.54) is 40.3 Å². The summed E-state index contributed by atoms with van der Waals surface area (Å²) in [5.74, 6) is -4.56. The number of carbonyl (C=O) groups is 6. The van der Waals surface area contributed by atoms with Crippen molar-refractivity contribution in [2.45, 2.75) is 41.9 Å². The van der Waals surface area contributed by atoms with Gasteiger partial charge >= 0.3 is 11.9 Å². The molecule has 3 aliphatic heterocycles. The van der Waals surface area contributed by atoms with Gasteiger partial charge in [0, 0.05) is 25.0 Å². The second kappa shape index (κ2) is 11.3. The molecule has 1 aromatic heterocycles. The summed E-state index contributed by atoms with van der Waals surface area (Å²) >= 11 is 2.56. The Labute approximate surface area is 240 Å². The van der Waals surface area contributed by atoms with E-state index < -0.39 is 53.0 Å². The summed E-state index contributed by atoms with van der Waals surface area (Å²) in [5.41, 5.74) is 0.651. The molecule has 4 heterocycles. The topological polar surface area (TPSA) is 205 Å². The van der Waals surface area contributed by atoms with Crippen molar-refractivity contribution >= 4 is 59.1 Å². The van der Waals surface area contributed by atoms with Crippen LogP contribution in [0.2, 0.25) is 0 Å². The fourth-order valence-corrected chi connectivity index (χ4v) is 7.18. The first kappa shape index (κ1) is 28.3. The lowest BCUT2D eigenvalue weighted by Gasteiger charge is -2.49. The predicted molar refractivity (Wildman–Crippen MR) is 141 cm³/mol. The van der Waals surface area contributed by atoms with Gasteiger partial charge in [0.2, 0.25) is 11.1 Å². The molecule has 214 valence electrons. The molecular weight excluding hydrogens is 578 g/mol. The molecule has 0 bridgehead atoms. The lowest BCUT2D eigenvalue weighted by Crippen LogP contribution is -2.70. The van der Waals surface area contributed by atoms with E-state index in [2.05, 4.69) is 20.8 Å². The third-order valence-corrected chi connectivity index (χ3v) is 9.26. The average molecular weight is 602 g/mol. The smallest absolute Gasteiger partial charge is 0.352 e. The Morgan fingerprint density at radius 3 is 2.41 bits per heavy atom. The summed E-state index contributed by atoms with van der Waals surface area (Å²) in [6.07, 6.45) is -0.300. The first-order chi connectivity index (χ1) is 19.6. The van der Waals surface area contributed by atoms with Crippen molar-refractivity contribution < 1.29 is 39.0 Å². The van der Waals surface area contributed by atoms with Gasteiger partial charge in [-0.15, -0.1) is 16.9 Å². The van der Waals surface area contributed by atoms with Crippen LogP contribution < -0.4 is 5.32 Å². The molecule has 0 spiro atoms. The van der Waals surface area contributed by atoms with E-state index in [0.29, 0.717) is 21.4 Å². The number of rotatable bonds is 11. The number of aryl methyl sites for hydroxylation is 1. The van der Waals surface area contributed by atoms with Crippen LogP contribution in [-0.4, -0.2) is 105 Å². The number of aromatic nitrogens is 4. The highest BCUT2D eigenvalue weighted by molar-refractivity contribution is 8.01. The fraction of sp³-hybridized carbons (Fsp3) is 0.375. The van der Waals surface area contributed by atoms with Crippen molar-refractivity contribution in [3.63, 3.8) is 0 Å². The number of carbonyl (C=O) groups excluding carboxylic acids is 4. The molecule has 41 heavy (non-hydrogen) atoms. The van der Waals surface area contributed by atoms with Crippen LogP contribution in [0.1, 0.15) is 40.0 Å². The van der Waals surface area contributed by atoms with Gasteiger partial charge in [-0.3, -0.25) is 29.0 Å². The number of fused-ring (bicyclic) bond motifs is 2. The molecule has 3 atom stereocenters. The van der Waals surface area contributed by atoms with Gasteiger partial charge in [0.1, 0.15) is 23.2 Å². The summed E-state index contributed by atoms with van der Waals surface area (Å²) < 4.78 is 1.45. The molecule has 3 N–H and O–H groups in total. The van der Waals surface area contributed by atoms with Crippen molar-refractivity contribution in [3.05, 3.63) is 46.7 Å². The Morgan fingerprint density at radius 1 is 1.15 bits per heavy atom. The van der Waals surface area contributed by atoms with Crippen LogP contribution in [0.4, 0.5) is 0 Å². The van der Waals surface area contributed by atoms with Crippen LogP contribution >= 0.6 is 23.5 Å². The molecule has 1 fully saturated rings. The normalized spacial score (nSPS) is 20.5. The number of hydrogen-bond donors (Lipinski definition) is 3. The van der Waals surface area contributed by atoms with Crippen LogP contribution in [0.15, 0.2) is 40.7 Å². The lowest BCUT2D eigenvalue weighted by molar-refractivity contribution is -0.150. The van der Waals surface area contributed by atoms with Crippen molar-refractivity contribution in [2.75, 3.05) is 11.5 Å². The van der Waals surface area contributed by atoms with E-state index >= 15 is 0 Å². The van der Waals surface area contributed by atoms with Gasteiger partial charge in [-0.05, 0) is 41.0 Å². The van der Waals surface area contributed by atoms with Crippen LogP contribution in [0.3, 0.4) is 0 Å². The Kier molecular flexibility index (Phi) is 7.81. The zero-order chi connectivity index (χ0) is 29.4. The van der Waals surface area contributed by atoms with Crippen molar-refractivity contribution in [2.24, 2.45) is 7.05 Å². The second-order valence-corrected chi connectivity index (χ2v) is 11.4. The minimum Gasteiger partial charge on any atom is -0.480 e. The number of nitrogens with one attached hydrogen (secondary N) is 1. The number of carboxylic acids is 2. The highest BCUT2D eigenvalue weighted by atomic mass is 32.2. The summed E-state index contributed by atoms with van der Waals surface area (Å²) in [6.45, 7) is 0. The van der Waals surface area contributed by atoms with Crippen LogP contribution in [0.5, 0.6) is 0 Å². The van der Waals surface area contributed by atoms with E-state index in [9.17, 15) is 39.0 Å². The molecule has 17 heteroatoms. The van der Waals surface area contributed by atoms with Crippen LogP contribution in [0.25, 0.3) is 0 Å². The minimum absolute atomic E-state index is 0.0250. The number of tetrazole rings is 1. The Bertz CT molecular complexity index is 1470. The number of nitrogens with zero attached hydrogens (tertiary/aromatic N) is 6. The summed E-state index contributed by atoms with van der Waals surface area (Å²) in [5, 5.41) is 33.1. The Hall–Kier alpha value is -4.25. The van der Waals surface area contributed by atoms with Crippen molar-refractivity contribution in [1.82, 2.24) is 35.3 Å². The number of carboxylic acid groups (broad SMARTS) is 2. The first-order valence-electron chi connectivity index (χ1n) is 12.3. The lowest BCUT2D eigenvalue weighted by atomic mass is 10.0. The molecule has 1 saturated heterocycles. The maximum atomic E-state index is 12.9. The third kappa shape index (κ3) is 5.17. The molecule has 3 aliphatic rings. The Balaban J connectivity index is 1.17. The summed E-state index contributed by atoms with van der Waals surface area (Å²) in [6, 6.07) is 3.66. The van der Waals surface area contributed by atoms with Gasteiger partial charge in [-0.25, -0.2) is 14.3 Å². The van der Waals surface area contributed by atoms with Gasteiger partial charge in [0.15, 0.2) is 0 Å². The minimum atomic E-state index is -1.46. The largest absolute Gasteiger partial charge is 0.480 e. The second-order valence-electron chi connectivity index (χ2n) is 9.36. The number of amides is 4. The molecule has 2 aromatic rings. The fourth-order valence-electron chi connectivity index (χ4n) is 4.85. The standard InChI is InChI=1S/C24H23N7O8S2/c1-29-24(26-27-28-29)41-10-11-9-40-21-16(20(35)31(21)17(11)23(38)39)25-15(32)8-4-7-14(22(36)37)30-18(33)12-5-2-3-6-13(12)19(30)34/h2-3,5-6,14,16,21H,4,7-10H2,1H3,(H,25,32)(H,36,37)(H,38,39)/t14-,16?,21-/m1/s1. The van der Waals surface area contributed by atoms with Gasteiger partial charge in [0.05, 0.1) is 11.1 Å². The van der Waals surface area contributed by atoms with E-state index in [1.54, 1.807) is 19.2 Å². The maximum Gasteiger partial charge on any atom is 0.352 e. The third-order valence-electron chi connectivity index (χ3n) is 6.83. The van der Waals surface area contributed by atoms with Gasteiger partial charge in [-0.1, -0.05) is 23.9 Å². The molecule has 5 rings (SSSR count). The monoisotopic (exact) mass is 601 g/mol. The Morgan fingerprint density at radius 2 is 1.83 bits per heavy atom. The van der Waals surface area contributed by atoms with E-state index in [0.717, 1.165) is 4.90 Å². The SMILES string of the molecule is Cn1nnnc1SCC1=C(C(=O)O)N2C(=O)C(NC(=O)CCC[C@H](C(=O)O)N3C(=O)c4ccccc4C3=O)[C@H]2SC1. The van der Waals surface area contributed by atoms with Crippen LogP contribution in [-0.2, 0) is 26.2 Å². The molecule has 0 radical (unpaired) electrons. The molecule has 0 saturated carbocycles. The van der Waals surface area contributed by atoms with Crippen molar-refractivity contribution in [3.8, 4) is 0 Å². The molecule has 1 unspecified atom stereocenters. The number of benzene rings is 1. The van der Waals surface area contributed by atoms with E-state index in [4.69, 9.17) is 0 Å².